The first kappa shape index (κ1) is 146. The van der Waals surface area contributed by atoms with Crippen molar-refractivity contribution in [1.82, 2.24) is 60.1 Å². The summed E-state index contributed by atoms with van der Waals surface area (Å²) >= 11 is 17.7. The summed E-state index contributed by atoms with van der Waals surface area (Å²) in [6.45, 7) is 79.9. The molecule has 0 bridgehead atoms. The molecule has 0 saturated carbocycles. The van der Waals surface area contributed by atoms with Crippen LogP contribution >= 0.6 is 109 Å². The van der Waals surface area contributed by atoms with E-state index in [2.05, 4.69) is 165 Å². The number of amides is 4. The van der Waals surface area contributed by atoms with Crippen LogP contribution in [0.4, 0.5) is 81.4 Å². The Bertz CT molecular complexity index is 3840. The summed E-state index contributed by atoms with van der Waals surface area (Å²) < 4.78 is 138. The largest absolute Gasteiger partial charge is 1.00 e. The molecule has 6 aromatic rings. The molecule has 24 nitrogen and oxygen atoms in total. The molecule has 6 aromatic heterocycles. The van der Waals surface area contributed by atoms with E-state index < -0.39 is 60.2 Å². The van der Waals surface area contributed by atoms with Gasteiger partial charge >= 0.3 is 44.0 Å². The highest BCUT2D eigenvalue weighted by molar-refractivity contribution is 14.1. The summed E-state index contributed by atoms with van der Waals surface area (Å²) in [5.74, 6) is -3.92. The van der Waals surface area contributed by atoms with Gasteiger partial charge in [-0.3, -0.25) is 29.9 Å². The van der Waals surface area contributed by atoms with E-state index in [0.29, 0.717) is 76.8 Å². The first-order valence-corrected chi connectivity index (χ1v) is 55.7. The van der Waals surface area contributed by atoms with Gasteiger partial charge in [0.25, 0.3) is 0 Å². The number of carbonyl (C=O) groups is 4. The van der Waals surface area contributed by atoms with E-state index in [9.17, 15) is 58.7 Å². The Morgan fingerprint density at radius 1 is 0.307 bits per heavy atom. The zero-order valence-electron chi connectivity index (χ0n) is 88.7. The number of nitrogens with zero attached hydrogens (tertiary/aromatic N) is 14. The number of aromatic nitrogens is 6. The van der Waals surface area contributed by atoms with Gasteiger partial charge in [-0.15, -0.1) is 0 Å². The summed E-state index contributed by atoms with van der Waals surface area (Å²) in [4.78, 5) is 85.9. The van der Waals surface area contributed by atoms with Crippen molar-refractivity contribution in [2.75, 3.05) is 150 Å². The van der Waals surface area contributed by atoms with Crippen molar-refractivity contribution in [2.24, 2.45) is 0 Å². The van der Waals surface area contributed by atoms with Gasteiger partial charge in [0.05, 0.1) is 58.7 Å². The Balaban J connectivity index is -0.000000195. The highest BCUT2D eigenvalue weighted by Crippen LogP contribution is 2.34. The topological polar surface area (TPSA) is 233 Å². The van der Waals surface area contributed by atoms with Gasteiger partial charge < -0.3 is 68.8 Å². The Morgan fingerprint density at radius 3 is 0.715 bits per heavy atom. The Labute approximate surface area is 882 Å². The maximum atomic E-state index is 12.7. The number of hydrogen-bond acceptors (Lipinski definition) is 20. The zero-order chi connectivity index (χ0) is 107. The van der Waals surface area contributed by atoms with E-state index in [4.69, 9.17) is 18.9 Å². The molecule has 40 heteroatoms. The minimum Gasteiger partial charge on any atom is -0.444 e. The number of nitrogens with one attached hydrogen (secondary N) is 2. The Morgan fingerprint density at radius 2 is 0.504 bits per heavy atom. The van der Waals surface area contributed by atoms with E-state index in [1.807, 2.05) is 249 Å². The van der Waals surface area contributed by atoms with E-state index in [0.717, 1.165) is 126 Å². The van der Waals surface area contributed by atoms with Crippen molar-refractivity contribution >= 4 is 164 Å². The molecule has 0 unspecified atom stereocenters. The molecular weight excluding hydrogens is 2290 g/mol. The number of hydrogen-bond donors (Lipinski definition) is 2. The predicted octanol–water partition coefficient (Wildman–Crippen LogP) is 29.6. The van der Waals surface area contributed by atoms with Crippen LogP contribution in [0.5, 0.6) is 0 Å². The highest BCUT2D eigenvalue weighted by atomic mass is 127. The Kier molecular flexibility index (Phi) is 86.0. The van der Waals surface area contributed by atoms with E-state index in [-0.39, 0.29) is 32.7 Å². The molecule has 11 rings (SSSR count). The molecule has 2 N–H and O–H groups in total. The number of ether oxygens (including phenoxy) is 4. The molecular formula is C97H170Br4F9I2N16O8Si+. The molecule has 5 fully saturated rings. The Hall–Kier alpha value is -5.93. The molecule has 5 saturated heterocycles. The number of piperazine rings is 5. The molecule has 11 heterocycles. The van der Waals surface area contributed by atoms with Crippen LogP contribution in [0.3, 0.4) is 0 Å². The van der Waals surface area contributed by atoms with Crippen LogP contribution in [0.25, 0.3) is 0 Å². The summed E-state index contributed by atoms with van der Waals surface area (Å²) in [6.07, 6.45) is 9.10. The molecule has 794 valence electrons. The van der Waals surface area contributed by atoms with Crippen LogP contribution in [0.1, 0.15) is 242 Å². The molecule has 137 heavy (non-hydrogen) atoms. The van der Waals surface area contributed by atoms with Crippen LogP contribution in [0.15, 0.2) is 129 Å². The van der Waals surface area contributed by atoms with Crippen LogP contribution in [0, 0.1) is 7.14 Å². The van der Waals surface area contributed by atoms with Crippen molar-refractivity contribution < 1.29 is 79.1 Å². The van der Waals surface area contributed by atoms with Gasteiger partial charge in [-0.2, -0.15) is 39.5 Å². The second-order valence-corrected chi connectivity index (χ2v) is 42.5. The van der Waals surface area contributed by atoms with E-state index >= 15 is 0 Å². The van der Waals surface area contributed by atoms with Crippen molar-refractivity contribution in [2.45, 2.75) is 289 Å². The smallest absolute Gasteiger partial charge is 0.444 e. The van der Waals surface area contributed by atoms with Crippen molar-refractivity contribution in [3.05, 3.63) is 147 Å². The lowest BCUT2D eigenvalue weighted by Crippen LogP contribution is -2.50. The minimum atomic E-state index is -4.42. The lowest BCUT2D eigenvalue weighted by Gasteiger charge is -2.36. The van der Waals surface area contributed by atoms with Crippen molar-refractivity contribution in [1.29, 1.82) is 0 Å². The highest BCUT2D eigenvalue weighted by Gasteiger charge is 2.45. The average Bonchev–Trinajstić information content (AvgIpc) is 0.819. The number of anilines is 4. The lowest BCUT2D eigenvalue weighted by atomic mass is 10.2. The average molecular weight is 2460 g/mol. The number of rotatable bonds is 4. The van der Waals surface area contributed by atoms with E-state index in [1.54, 1.807) is 70.1 Å². The van der Waals surface area contributed by atoms with Gasteiger partial charge in [0.2, 0.25) is 0 Å². The fourth-order valence-corrected chi connectivity index (χ4v) is 13.1. The third kappa shape index (κ3) is 71.2. The van der Waals surface area contributed by atoms with Crippen LogP contribution in [-0.4, -0.2) is 241 Å². The standard InChI is InChI=1S/C15H20F3N3O2.C14H20BrN3O2.C14H20IN3O2.C10H12F3N3.C9H18N2O2.C5H3Br2N.C5H3BrIN.C4H9F3Si.10C2H6.CH4/c1-14(2,3)23-13(22)21-6-4-20(5-7-21)12-8-11(9-19-10-12)15(16,17)18;2*1-14(2,3)20-13(19)18-6-4-17(5-7-18)12-8-11(15)9-16-10-12;11-10(12,13)8-5-9(7-15-6-8)16-3-1-14-2-4-16;1-9(2,3)13-8(12)11-6-4-10-5-7-11;2*6-4-1-5(7)3-8-2-4;1-8(2,3)4(5,6)7;10*1-2;/h8-10H,4-7H2,1-3H3;2*8-10H,4-7H2,1-3H3;5-7,14H,1-4H2;10H,4-7H2,1-3H3;2*1-3H;1-3H3;10*1-2H3;1H4/p+1. The fraction of sp³-hybridized carbons (Fsp3) is 0.649. The third-order valence-electron chi connectivity index (χ3n) is 15.8. The first-order valence-electron chi connectivity index (χ1n) is 46.8. The van der Waals surface area contributed by atoms with Gasteiger partial charge in [-0.1, -0.05) is 166 Å². The van der Waals surface area contributed by atoms with Crippen LogP contribution in [0.2, 0.25) is 19.6 Å². The molecule has 0 aromatic carbocycles. The number of carbonyl (C=O) groups excluding carboxylic acids is 4. The third-order valence-corrected chi connectivity index (χ3v) is 20.4. The van der Waals surface area contributed by atoms with Gasteiger partial charge in [-0.25, -0.2) is 19.2 Å². The molecule has 0 spiro atoms. The molecule has 0 aliphatic carbocycles. The van der Waals surface area contributed by atoms with Crippen LogP contribution in [-0.2, 0) is 31.3 Å². The van der Waals surface area contributed by atoms with E-state index in [1.165, 1.54) is 32.0 Å². The number of alkyl halides is 9. The van der Waals surface area contributed by atoms with Crippen molar-refractivity contribution in [3.8, 4) is 0 Å². The van der Waals surface area contributed by atoms with Crippen LogP contribution < -0.4 is 30.2 Å². The maximum absolute atomic E-state index is 12.7. The normalized spacial score (nSPS) is 13.6. The molecule has 4 amide bonds. The van der Waals surface area contributed by atoms with Gasteiger partial charge in [0, 0.05) is 206 Å². The number of halogens is 15. The van der Waals surface area contributed by atoms with Gasteiger partial charge in [0.1, 0.15) is 22.4 Å². The monoisotopic (exact) mass is 2460 g/mol. The zero-order valence-corrected chi connectivity index (χ0v) is 99.4. The molecule has 5 aliphatic rings. The summed E-state index contributed by atoms with van der Waals surface area (Å²) in [5.41, 5.74) is -0.172. The fourth-order valence-electron chi connectivity index (χ4n) is 9.95. The first-order chi connectivity index (χ1) is 63.6. The predicted molar refractivity (Wildman–Crippen MR) is 588 cm³/mol. The van der Waals surface area contributed by atoms with Gasteiger partial charge in [0.15, 0.2) is 8.07 Å². The van der Waals surface area contributed by atoms with Crippen molar-refractivity contribution in [3.63, 3.8) is 0 Å². The molecule has 5 aliphatic heterocycles. The molecule has 0 radical (unpaired) electrons. The van der Waals surface area contributed by atoms with Gasteiger partial charge in [-0.05, 0) is 228 Å². The molecule has 0 atom stereocenters. The maximum Gasteiger partial charge on any atom is 1.00 e. The minimum absolute atomic E-state index is 0. The second-order valence-electron chi connectivity index (χ2n) is 31.3. The summed E-state index contributed by atoms with van der Waals surface area (Å²) in [5, 5.41) is 6.33. The lowest BCUT2D eigenvalue weighted by molar-refractivity contribution is -0.138. The summed E-state index contributed by atoms with van der Waals surface area (Å²) in [6, 6.07) is 10.3. The number of pyridine rings is 6. The second kappa shape index (κ2) is 80.5. The quantitative estimate of drug-likeness (QED) is 0.0723. The SMILES string of the molecule is Brc1cncc(Br)c1.Brc1cncc(I)c1.C.CC.CC.CC.CC.CC.CC.CC.CC.CC.CC.CC(C)(C)OC(=O)N1CCN(c2cncc(Br)c2)CC1.CC(C)(C)OC(=O)N1CCN(c2cncc(C(F)(F)F)c2)CC1.CC(C)(C)OC(=O)N1CCN(c2cncc(I)c2)CC1.CC(C)(C)OC(=O)N1CCNCC1.C[Si](C)(C)C(F)(F)F.FC(F)(F)c1cncc(N2CCNCC2)c1.[H+]. The summed E-state index contributed by atoms with van der Waals surface area (Å²) in [7, 11) is -2.86.